The Morgan fingerprint density at radius 2 is 1.60 bits per heavy atom. The summed E-state index contributed by atoms with van der Waals surface area (Å²) >= 11 is 0. The standard InChI is InChI=1S/C41H51N7O4/c1-44(2)18-4-26-52-36-12-5-31(6-13-36)30-45-22-24-46(25-23-45)34-9-7-32(8-10-34)39(49)47-19-15-41(16-20-47)17-21-48(40(41)50)35-11-14-37(38(27-35)51-3)33-28-42-43-29-33/h5-14,27-29H,4,15-26,30H2,1-3H3,(H,42,43). The summed E-state index contributed by atoms with van der Waals surface area (Å²) in [6, 6.07) is 22.5. The van der Waals surface area contributed by atoms with E-state index in [2.05, 4.69) is 75.4 Å². The molecule has 4 aromatic rings. The topological polar surface area (TPSA) is 97.5 Å². The van der Waals surface area contributed by atoms with Gasteiger partial charge in [-0.3, -0.25) is 19.6 Å². The molecule has 0 radical (unpaired) electrons. The number of piperazine rings is 1. The summed E-state index contributed by atoms with van der Waals surface area (Å²) in [5.41, 5.74) is 5.42. The van der Waals surface area contributed by atoms with Crippen LogP contribution in [0.25, 0.3) is 11.1 Å². The van der Waals surface area contributed by atoms with Crippen LogP contribution in [0.5, 0.6) is 11.5 Å². The van der Waals surface area contributed by atoms with Crippen LogP contribution in [0.2, 0.25) is 0 Å². The first kappa shape index (κ1) is 35.5. The SMILES string of the molecule is COc1cc(N2CCC3(CCN(C(=O)c4ccc(N5CCN(Cc6ccc(OCCCN(C)C)cc6)CC5)cc4)CC3)C2=O)ccc1-c1cn[nH]c1. The molecule has 0 saturated carbocycles. The Kier molecular flexibility index (Phi) is 10.8. The highest BCUT2D eigenvalue weighted by Crippen LogP contribution is 2.44. The van der Waals surface area contributed by atoms with Crippen LogP contribution in [0.1, 0.15) is 41.6 Å². The van der Waals surface area contributed by atoms with Crippen molar-refractivity contribution >= 4 is 23.2 Å². The van der Waals surface area contributed by atoms with Crippen molar-refractivity contribution in [3.8, 4) is 22.6 Å². The molecule has 3 aliphatic heterocycles. The van der Waals surface area contributed by atoms with Gasteiger partial charge in [-0.05, 0) is 93.9 Å². The molecule has 52 heavy (non-hydrogen) atoms. The first-order chi connectivity index (χ1) is 25.3. The van der Waals surface area contributed by atoms with Crippen molar-refractivity contribution in [2.24, 2.45) is 5.41 Å². The second kappa shape index (κ2) is 15.8. The summed E-state index contributed by atoms with van der Waals surface area (Å²) < 4.78 is 11.6. The second-order valence-electron chi connectivity index (χ2n) is 14.6. The smallest absolute Gasteiger partial charge is 0.253 e. The Hall–Kier alpha value is -4.87. The van der Waals surface area contributed by atoms with Gasteiger partial charge in [-0.25, -0.2) is 0 Å². The average molecular weight is 706 g/mol. The number of amides is 2. The minimum Gasteiger partial charge on any atom is -0.496 e. The summed E-state index contributed by atoms with van der Waals surface area (Å²) in [4.78, 5) is 38.3. The number of anilines is 2. The lowest BCUT2D eigenvalue weighted by Gasteiger charge is -2.38. The van der Waals surface area contributed by atoms with E-state index in [0.29, 0.717) is 43.8 Å². The first-order valence-electron chi connectivity index (χ1n) is 18.5. The molecular formula is C41H51N7O4. The van der Waals surface area contributed by atoms with E-state index < -0.39 is 5.41 Å². The molecule has 3 aliphatic rings. The van der Waals surface area contributed by atoms with Gasteiger partial charge in [0.2, 0.25) is 5.91 Å². The van der Waals surface area contributed by atoms with E-state index in [-0.39, 0.29) is 11.8 Å². The van der Waals surface area contributed by atoms with Crippen LogP contribution >= 0.6 is 0 Å². The van der Waals surface area contributed by atoms with Crippen molar-refractivity contribution < 1.29 is 19.1 Å². The first-order valence-corrected chi connectivity index (χ1v) is 18.5. The van der Waals surface area contributed by atoms with Crippen molar-refractivity contribution in [2.75, 3.05) is 90.0 Å². The zero-order valence-electron chi connectivity index (χ0n) is 30.7. The molecule has 2 amide bonds. The van der Waals surface area contributed by atoms with Gasteiger partial charge in [-0.1, -0.05) is 12.1 Å². The highest BCUT2D eigenvalue weighted by Gasteiger charge is 2.49. The van der Waals surface area contributed by atoms with Crippen molar-refractivity contribution in [3.05, 3.63) is 90.3 Å². The van der Waals surface area contributed by atoms with Crippen molar-refractivity contribution in [1.29, 1.82) is 0 Å². The van der Waals surface area contributed by atoms with Gasteiger partial charge in [0.25, 0.3) is 5.91 Å². The number of aromatic nitrogens is 2. The Labute approximate surface area is 307 Å². The number of aromatic amines is 1. The molecule has 0 atom stereocenters. The van der Waals surface area contributed by atoms with E-state index in [1.807, 2.05) is 46.3 Å². The van der Waals surface area contributed by atoms with Crippen LogP contribution in [-0.4, -0.2) is 117 Å². The number of ether oxygens (including phenoxy) is 2. The highest BCUT2D eigenvalue weighted by molar-refractivity contribution is 6.01. The number of carbonyl (C=O) groups excluding carboxylic acids is 2. The monoisotopic (exact) mass is 705 g/mol. The van der Waals surface area contributed by atoms with Gasteiger partial charge in [-0.15, -0.1) is 0 Å². The molecule has 1 aromatic heterocycles. The zero-order chi connectivity index (χ0) is 36.1. The van der Waals surface area contributed by atoms with Crippen LogP contribution in [0.3, 0.4) is 0 Å². The predicted molar refractivity (Wildman–Crippen MR) is 204 cm³/mol. The van der Waals surface area contributed by atoms with E-state index >= 15 is 0 Å². The third-order valence-corrected chi connectivity index (χ3v) is 11.0. The molecule has 3 saturated heterocycles. The number of nitrogens with one attached hydrogen (secondary N) is 1. The third kappa shape index (κ3) is 7.80. The summed E-state index contributed by atoms with van der Waals surface area (Å²) in [5.74, 6) is 1.83. The number of hydrogen-bond acceptors (Lipinski definition) is 8. The number of piperidine rings is 1. The number of methoxy groups -OCH3 is 1. The fraction of sp³-hybridized carbons (Fsp3) is 0.439. The number of likely N-dealkylation sites (tertiary alicyclic amines) is 1. The van der Waals surface area contributed by atoms with E-state index in [0.717, 1.165) is 87.0 Å². The molecule has 3 aromatic carbocycles. The molecule has 1 N–H and O–H groups in total. The van der Waals surface area contributed by atoms with Crippen LogP contribution in [0, 0.1) is 5.41 Å². The number of benzene rings is 3. The maximum absolute atomic E-state index is 13.9. The van der Waals surface area contributed by atoms with E-state index in [9.17, 15) is 9.59 Å². The maximum Gasteiger partial charge on any atom is 0.253 e. The summed E-state index contributed by atoms with van der Waals surface area (Å²) in [6.07, 6.45) is 6.74. The number of rotatable bonds is 12. The Bertz CT molecular complexity index is 1790. The number of H-pyrrole nitrogens is 1. The fourth-order valence-corrected chi connectivity index (χ4v) is 7.83. The van der Waals surface area contributed by atoms with Crippen molar-refractivity contribution in [3.63, 3.8) is 0 Å². The highest BCUT2D eigenvalue weighted by atomic mass is 16.5. The lowest BCUT2D eigenvalue weighted by atomic mass is 9.77. The van der Waals surface area contributed by atoms with E-state index in [1.54, 1.807) is 13.3 Å². The van der Waals surface area contributed by atoms with Crippen LogP contribution in [-0.2, 0) is 11.3 Å². The van der Waals surface area contributed by atoms with Gasteiger partial charge in [0.15, 0.2) is 0 Å². The summed E-state index contributed by atoms with van der Waals surface area (Å²) in [6.45, 7) is 8.37. The maximum atomic E-state index is 13.9. The number of nitrogens with zero attached hydrogens (tertiary/aromatic N) is 6. The molecule has 274 valence electrons. The van der Waals surface area contributed by atoms with Gasteiger partial charge in [0.05, 0.1) is 25.3 Å². The van der Waals surface area contributed by atoms with Crippen molar-refractivity contribution in [2.45, 2.75) is 32.2 Å². The molecule has 1 spiro atoms. The molecule has 0 aliphatic carbocycles. The summed E-state index contributed by atoms with van der Waals surface area (Å²) in [5, 5.41) is 6.89. The Morgan fingerprint density at radius 1 is 0.885 bits per heavy atom. The molecule has 11 heteroatoms. The number of hydrogen-bond donors (Lipinski definition) is 1. The van der Waals surface area contributed by atoms with Gasteiger partial charge >= 0.3 is 0 Å². The Morgan fingerprint density at radius 3 is 2.27 bits per heavy atom. The largest absolute Gasteiger partial charge is 0.496 e. The van der Waals surface area contributed by atoms with Gasteiger partial charge < -0.3 is 29.1 Å². The van der Waals surface area contributed by atoms with Gasteiger partial charge in [-0.2, -0.15) is 5.10 Å². The predicted octanol–water partition coefficient (Wildman–Crippen LogP) is 5.40. The summed E-state index contributed by atoms with van der Waals surface area (Å²) in [7, 11) is 5.80. The fourth-order valence-electron chi connectivity index (χ4n) is 7.83. The quantitative estimate of drug-likeness (QED) is 0.196. The minimum atomic E-state index is -0.428. The lowest BCUT2D eigenvalue weighted by molar-refractivity contribution is -0.127. The molecule has 3 fully saturated rings. The van der Waals surface area contributed by atoms with Gasteiger partial charge in [0, 0.05) is 99.2 Å². The van der Waals surface area contributed by atoms with E-state index in [4.69, 9.17) is 9.47 Å². The van der Waals surface area contributed by atoms with Crippen LogP contribution in [0.15, 0.2) is 79.1 Å². The molecule has 0 bridgehead atoms. The molecule has 7 rings (SSSR count). The molecule has 4 heterocycles. The molecular weight excluding hydrogens is 654 g/mol. The third-order valence-electron chi connectivity index (χ3n) is 11.0. The lowest BCUT2D eigenvalue weighted by Crippen LogP contribution is -2.46. The van der Waals surface area contributed by atoms with Crippen molar-refractivity contribution in [1.82, 2.24) is 24.9 Å². The minimum absolute atomic E-state index is 0.0399. The molecule has 11 nitrogen and oxygen atoms in total. The van der Waals surface area contributed by atoms with Gasteiger partial charge in [0.1, 0.15) is 11.5 Å². The average Bonchev–Trinajstić information content (AvgIpc) is 3.83. The zero-order valence-corrected chi connectivity index (χ0v) is 30.7. The van der Waals surface area contributed by atoms with Crippen LogP contribution < -0.4 is 19.3 Å². The Balaban J connectivity index is 0.872. The second-order valence-corrected chi connectivity index (χ2v) is 14.6. The normalized spacial score (nSPS) is 17.7. The number of carbonyl (C=O) groups is 2. The van der Waals surface area contributed by atoms with Crippen LogP contribution in [0.4, 0.5) is 11.4 Å². The van der Waals surface area contributed by atoms with E-state index in [1.165, 1.54) is 5.56 Å². The molecule has 0 unspecified atom stereocenters.